The Bertz CT molecular complexity index is 1150. The first-order valence-corrected chi connectivity index (χ1v) is 11.6. The van der Waals surface area contributed by atoms with Crippen LogP contribution in [0.4, 0.5) is 5.69 Å². The van der Waals surface area contributed by atoms with Crippen molar-refractivity contribution in [2.45, 2.75) is 37.8 Å². The van der Waals surface area contributed by atoms with E-state index in [-0.39, 0.29) is 23.5 Å². The van der Waals surface area contributed by atoms with Crippen LogP contribution in [0.1, 0.15) is 32.7 Å². The molecule has 0 bridgehead atoms. The molecule has 1 aliphatic heterocycles. The van der Waals surface area contributed by atoms with Crippen molar-refractivity contribution < 1.29 is 17.7 Å². The van der Waals surface area contributed by atoms with Crippen molar-refractivity contribution in [3.63, 3.8) is 0 Å². The number of benzene rings is 1. The third-order valence-electron chi connectivity index (χ3n) is 5.39. The Kier molecular flexibility index (Phi) is 5.92. The quantitative estimate of drug-likeness (QED) is 0.627. The van der Waals surface area contributed by atoms with Crippen LogP contribution >= 0.6 is 0 Å². The number of carbonyl (C=O) groups excluding carboxylic acids is 1. The molecule has 1 atom stereocenters. The minimum absolute atomic E-state index is 0.0158. The summed E-state index contributed by atoms with van der Waals surface area (Å²) in [4.78, 5) is 17.0. The third-order valence-corrected chi connectivity index (χ3v) is 7.14. The molecule has 1 fully saturated rings. The topological polar surface area (TPSA) is 110 Å². The molecule has 0 saturated carbocycles. The van der Waals surface area contributed by atoms with Gasteiger partial charge in [0.2, 0.25) is 5.91 Å². The van der Waals surface area contributed by atoms with E-state index in [1.54, 1.807) is 35.2 Å². The smallest absolute Gasteiger partial charge is 0.262 e. The second kappa shape index (κ2) is 8.64. The Labute approximate surface area is 181 Å². The van der Waals surface area contributed by atoms with Crippen LogP contribution in [0.15, 0.2) is 58.6 Å². The number of nitrogens with one attached hydrogen (secondary N) is 1. The number of piperidine rings is 1. The summed E-state index contributed by atoms with van der Waals surface area (Å²) in [6.07, 6.45) is 5.86. The fourth-order valence-corrected chi connectivity index (χ4v) is 5.05. The van der Waals surface area contributed by atoms with Crippen molar-refractivity contribution in [3.05, 3.63) is 49.1 Å². The van der Waals surface area contributed by atoms with Gasteiger partial charge >= 0.3 is 0 Å². The van der Waals surface area contributed by atoms with Crippen LogP contribution in [0.25, 0.3) is 11.3 Å². The first kappa shape index (κ1) is 21.3. The van der Waals surface area contributed by atoms with Crippen LogP contribution in [-0.4, -0.2) is 46.4 Å². The van der Waals surface area contributed by atoms with Gasteiger partial charge in [-0.05, 0) is 38.8 Å². The SMILES string of the molecule is CC(C)n1cnc(S(=O)(=O)N2CCC[C@H](C(=O)Nc3cccc(-c4ccno4)c3)C2)c1. The molecule has 1 amide bonds. The number of sulfonamides is 1. The standard InChI is InChI=1S/C21H25N5O4S/c1-15(2)25-13-20(22-14-25)31(28,29)26-10-4-6-17(12-26)21(27)24-18-7-3-5-16(11-18)19-8-9-23-30-19/h3,5,7-9,11,13-15,17H,4,6,10,12H2,1-2H3,(H,24,27)/t17-/m0/s1. The number of rotatable bonds is 6. The minimum Gasteiger partial charge on any atom is -0.356 e. The first-order chi connectivity index (χ1) is 14.8. The van der Waals surface area contributed by atoms with Crippen molar-refractivity contribution >= 4 is 21.6 Å². The fraction of sp³-hybridized carbons (Fsp3) is 0.381. The molecule has 1 aromatic carbocycles. The Hall–Kier alpha value is -2.98. The zero-order chi connectivity index (χ0) is 22.0. The molecule has 2 aromatic heterocycles. The summed E-state index contributed by atoms with van der Waals surface area (Å²) in [7, 11) is -3.75. The molecule has 1 saturated heterocycles. The summed E-state index contributed by atoms with van der Waals surface area (Å²) < 4.78 is 34.3. The lowest BCUT2D eigenvalue weighted by molar-refractivity contribution is -0.120. The average molecular weight is 444 g/mol. The van der Waals surface area contributed by atoms with E-state index in [2.05, 4.69) is 15.5 Å². The van der Waals surface area contributed by atoms with Gasteiger partial charge in [0.1, 0.15) is 0 Å². The molecule has 0 radical (unpaired) electrons. The molecule has 4 rings (SSSR count). The second-order valence-electron chi connectivity index (χ2n) is 7.90. The minimum atomic E-state index is -3.75. The highest BCUT2D eigenvalue weighted by molar-refractivity contribution is 7.89. The van der Waals surface area contributed by atoms with Gasteiger partial charge in [-0.3, -0.25) is 4.79 Å². The highest BCUT2D eigenvalue weighted by Gasteiger charge is 2.34. The lowest BCUT2D eigenvalue weighted by Crippen LogP contribution is -2.43. The Balaban J connectivity index is 1.46. The molecule has 31 heavy (non-hydrogen) atoms. The first-order valence-electron chi connectivity index (χ1n) is 10.2. The van der Waals surface area contributed by atoms with E-state index < -0.39 is 15.9 Å². The van der Waals surface area contributed by atoms with Crippen molar-refractivity contribution in [1.82, 2.24) is 19.0 Å². The largest absolute Gasteiger partial charge is 0.356 e. The van der Waals surface area contributed by atoms with Crippen LogP contribution in [0.5, 0.6) is 0 Å². The van der Waals surface area contributed by atoms with Crippen LogP contribution in [0.2, 0.25) is 0 Å². The normalized spacial score (nSPS) is 17.7. The Morgan fingerprint density at radius 1 is 1.29 bits per heavy atom. The van der Waals surface area contributed by atoms with Gasteiger partial charge in [0.25, 0.3) is 10.0 Å². The van der Waals surface area contributed by atoms with Gasteiger partial charge in [-0.2, -0.15) is 4.31 Å². The second-order valence-corrected chi connectivity index (χ2v) is 9.79. The molecule has 164 valence electrons. The summed E-state index contributed by atoms with van der Waals surface area (Å²) in [6, 6.07) is 9.12. The average Bonchev–Trinajstić information content (AvgIpc) is 3.47. The van der Waals surface area contributed by atoms with E-state index in [1.165, 1.54) is 10.6 Å². The summed E-state index contributed by atoms with van der Waals surface area (Å²) in [5.74, 6) is -0.0427. The number of carbonyl (C=O) groups is 1. The zero-order valence-electron chi connectivity index (χ0n) is 17.4. The monoisotopic (exact) mass is 443 g/mol. The number of anilines is 1. The van der Waals surface area contributed by atoms with E-state index >= 15 is 0 Å². The Morgan fingerprint density at radius 3 is 2.84 bits per heavy atom. The van der Waals surface area contributed by atoms with Crippen molar-refractivity contribution in [3.8, 4) is 11.3 Å². The molecular weight excluding hydrogens is 418 g/mol. The maximum Gasteiger partial charge on any atom is 0.262 e. The number of hydrogen-bond donors (Lipinski definition) is 1. The van der Waals surface area contributed by atoms with Gasteiger partial charge in [-0.25, -0.2) is 13.4 Å². The number of hydrogen-bond acceptors (Lipinski definition) is 6. The van der Waals surface area contributed by atoms with E-state index in [0.29, 0.717) is 30.8 Å². The van der Waals surface area contributed by atoms with E-state index in [0.717, 1.165) is 5.56 Å². The van der Waals surface area contributed by atoms with Crippen LogP contribution in [0.3, 0.4) is 0 Å². The van der Waals surface area contributed by atoms with E-state index in [9.17, 15) is 13.2 Å². The number of aromatic nitrogens is 3. The number of amides is 1. The highest BCUT2D eigenvalue weighted by atomic mass is 32.2. The zero-order valence-corrected chi connectivity index (χ0v) is 18.2. The van der Waals surface area contributed by atoms with Crippen LogP contribution in [-0.2, 0) is 14.8 Å². The van der Waals surface area contributed by atoms with Crippen LogP contribution < -0.4 is 5.32 Å². The summed E-state index contributed by atoms with van der Waals surface area (Å²) in [5.41, 5.74) is 1.42. The van der Waals surface area contributed by atoms with Gasteiger partial charge in [-0.15, -0.1) is 0 Å². The van der Waals surface area contributed by atoms with Crippen molar-refractivity contribution in [2.24, 2.45) is 5.92 Å². The maximum absolute atomic E-state index is 13.0. The fourth-order valence-electron chi connectivity index (χ4n) is 3.60. The van der Waals surface area contributed by atoms with Crippen LogP contribution in [0, 0.1) is 5.92 Å². The molecule has 10 heteroatoms. The molecule has 3 aromatic rings. The lowest BCUT2D eigenvalue weighted by atomic mass is 9.98. The summed E-state index contributed by atoms with van der Waals surface area (Å²) >= 11 is 0. The lowest BCUT2D eigenvalue weighted by Gasteiger charge is -2.30. The molecule has 1 N–H and O–H groups in total. The predicted molar refractivity (Wildman–Crippen MR) is 115 cm³/mol. The molecular formula is C21H25N5O4S. The van der Waals surface area contributed by atoms with Gasteiger partial charge in [-0.1, -0.05) is 17.3 Å². The number of nitrogens with zero attached hydrogens (tertiary/aromatic N) is 4. The summed E-state index contributed by atoms with van der Waals surface area (Å²) in [5, 5.41) is 6.62. The number of imidazole rings is 1. The molecule has 0 spiro atoms. The summed E-state index contributed by atoms with van der Waals surface area (Å²) in [6.45, 7) is 4.42. The third kappa shape index (κ3) is 4.54. The highest BCUT2D eigenvalue weighted by Crippen LogP contribution is 2.26. The van der Waals surface area contributed by atoms with Gasteiger partial charge in [0, 0.05) is 42.6 Å². The van der Waals surface area contributed by atoms with E-state index in [4.69, 9.17) is 4.52 Å². The van der Waals surface area contributed by atoms with Crippen molar-refractivity contribution in [2.75, 3.05) is 18.4 Å². The molecule has 3 heterocycles. The molecule has 0 aliphatic carbocycles. The van der Waals surface area contributed by atoms with Crippen molar-refractivity contribution in [1.29, 1.82) is 0 Å². The van der Waals surface area contributed by atoms with E-state index in [1.807, 2.05) is 26.0 Å². The van der Waals surface area contributed by atoms with Gasteiger partial charge < -0.3 is 14.4 Å². The molecule has 0 unspecified atom stereocenters. The molecule has 9 nitrogen and oxygen atoms in total. The van der Waals surface area contributed by atoms with Gasteiger partial charge in [0.05, 0.1) is 18.4 Å². The Morgan fingerprint density at radius 2 is 2.13 bits per heavy atom. The molecule has 1 aliphatic rings. The predicted octanol–water partition coefficient (Wildman–Crippen LogP) is 3.16. The van der Waals surface area contributed by atoms with Gasteiger partial charge in [0.15, 0.2) is 10.8 Å². The maximum atomic E-state index is 13.0.